The molecule has 1 aromatic carbocycles. The van der Waals surface area contributed by atoms with Crippen LogP contribution in [0.15, 0.2) is 40.3 Å². The average molecular weight is 386 g/mol. The van der Waals surface area contributed by atoms with Crippen molar-refractivity contribution in [2.45, 2.75) is 61.9 Å². The Morgan fingerprint density at radius 2 is 1.89 bits per heavy atom. The second-order valence-electron chi connectivity index (χ2n) is 7.95. The molecule has 0 aliphatic carbocycles. The monoisotopic (exact) mass is 385 g/mol. The zero-order chi connectivity index (χ0) is 19.4. The lowest BCUT2D eigenvalue weighted by molar-refractivity contribution is 0.0693. The topological polar surface area (TPSA) is 64.1 Å². The Kier molecular flexibility index (Phi) is 6.17. The summed E-state index contributed by atoms with van der Waals surface area (Å²) in [6.45, 7) is 10.1. The van der Waals surface area contributed by atoms with Crippen molar-refractivity contribution in [3.05, 3.63) is 47.2 Å². The number of aromatic nitrogens is 2. The maximum Gasteiger partial charge on any atom is 0.272 e. The molecule has 0 saturated carbocycles. The summed E-state index contributed by atoms with van der Waals surface area (Å²) in [5.74, 6) is -0.170. The van der Waals surface area contributed by atoms with Crippen LogP contribution in [0, 0.1) is 6.92 Å². The summed E-state index contributed by atoms with van der Waals surface area (Å²) in [7, 11) is 0. The Labute approximate surface area is 165 Å². The number of hydrogen-bond acceptors (Lipinski definition) is 5. The van der Waals surface area contributed by atoms with Crippen LogP contribution in [-0.4, -0.2) is 35.4 Å². The van der Waals surface area contributed by atoms with E-state index in [4.69, 9.17) is 4.74 Å². The Bertz CT molecular complexity index is 794. The zero-order valence-corrected chi connectivity index (χ0v) is 17.2. The number of amides is 1. The minimum atomic E-state index is -0.170. The summed E-state index contributed by atoms with van der Waals surface area (Å²) < 4.78 is 5.32. The van der Waals surface area contributed by atoms with Crippen molar-refractivity contribution in [2.24, 2.45) is 0 Å². The standard InChI is InChI=1S/C21H27N3O2S/c1-14-5-6-15(21(2,3)4)13-18(14)27-19-8-7-17(23-24-19)20(25)22-16-9-11-26-12-10-16/h5-8,13,16H,9-12H2,1-4H3,(H,22,25). The Morgan fingerprint density at radius 1 is 1.15 bits per heavy atom. The van der Waals surface area contributed by atoms with Crippen LogP contribution in [0.2, 0.25) is 0 Å². The van der Waals surface area contributed by atoms with E-state index in [0.29, 0.717) is 18.9 Å². The van der Waals surface area contributed by atoms with Gasteiger partial charge in [0.25, 0.3) is 5.91 Å². The molecule has 1 aromatic heterocycles. The molecule has 2 heterocycles. The molecule has 1 amide bonds. The van der Waals surface area contributed by atoms with Crippen LogP contribution in [0.5, 0.6) is 0 Å². The van der Waals surface area contributed by atoms with Crippen LogP contribution in [0.4, 0.5) is 0 Å². The van der Waals surface area contributed by atoms with Gasteiger partial charge in [0.1, 0.15) is 5.03 Å². The van der Waals surface area contributed by atoms with Crippen molar-refractivity contribution >= 4 is 17.7 Å². The van der Waals surface area contributed by atoms with Crippen molar-refractivity contribution in [1.82, 2.24) is 15.5 Å². The highest BCUT2D eigenvalue weighted by atomic mass is 32.2. The Hall–Kier alpha value is -1.92. The molecule has 1 N–H and O–H groups in total. The van der Waals surface area contributed by atoms with Gasteiger partial charge in [-0.05, 0) is 54.5 Å². The van der Waals surface area contributed by atoms with Crippen molar-refractivity contribution in [1.29, 1.82) is 0 Å². The molecule has 2 aromatic rings. The van der Waals surface area contributed by atoms with E-state index < -0.39 is 0 Å². The minimum absolute atomic E-state index is 0.0980. The minimum Gasteiger partial charge on any atom is -0.381 e. The van der Waals surface area contributed by atoms with E-state index in [2.05, 4.69) is 61.4 Å². The zero-order valence-electron chi connectivity index (χ0n) is 16.4. The highest BCUT2D eigenvalue weighted by molar-refractivity contribution is 7.99. The molecule has 27 heavy (non-hydrogen) atoms. The number of hydrogen-bond donors (Lipinski definition) is 1. The normalized spacial score (nSPS) is 15.6. The summed E-state index contributed by atoms with van der Waals surface area (Å²) in [4.78, 5) is 13.5. The maximum absolute atomic E-state index is 12.3. The van der Waals surface area contributed by atoms with Gasteiger partial charge in [0.2, 0.25) is 0 Å². The van der Waals surface area contributed by atoms with E-state index in [-0.39, 0.29) is 17.4 Å². The predicted molar refractivity (Wildman–Crippen MR) is 107 cm³/mol. The summed E-state index contributed by atoms with van der Waals surface area (Å²) in [5, 5.41) is 12.2. The highest BCUT2D eigenvalue weighted by Gasteiger charge is 2.19. The van der Waals surface area contributed by atoms with Gasteiger partial charge in [0.15, 0.2) is 5.69 Å². The molecule has 144 valence electrons. The van der Waals surface area contributed by atoms with E-state index >= 15 is 0 Å². The van der Waals surface area contributed by atoms with Crippen LogP contribution in [0.25, 0.3) is 0 Å². The molecule has 1 aliphatic rings. The fourth-order valence-electron chi connectivity index (χ4n) is 2.89. The second kappa shape index (κ2) is 8.40. The third-order valence-corrected chi connectivity index (χ3v) is 5.78. The molecule has 0 spiro atoms. The van der Waals surface area contributed by atoms with Gasteiger partial charge in [-0.25, -0.2) is 0 Å². The molecular formula is C21H27N3O2S. The van der Waals surface area contributed by atoms with Gasteiger partial charge >= 0.3 is 0 Å². The SMILES string of the molecule is Cc1ccc(C(C)(C)C)cc1Sc1ccc(C(=O)NC2CCOCC2)nn1. The van der Waals surface area contributed by atoms with Crippen molar-refractivity contribution in [3.8, 4) is 0 Å². The molecule has 6 heteroatoms. The van der Waals surface area contributed by atoms with Crippen LogP contribution in [0.3, 0.4) is 0 Å². The fourth-order valence-corrected chi connectivity index (χ4v) is 3.74. The van der Waals surface area contributed by atoms with Crippen molar-refractivity contribution < 1.29 is 9.53 Å². The van der Waals surface area contributed by atoms with Crippen LogP contribution >= 0.6 is 11.8 Å². The Morgan fingerprint density at radius 3 is 2.52 bits per heavy atom. The molecule has 5 nitrogen and oxygen atoms in total. The molecule has 3 rings (SSSR count). The highest BCUT2D eigenvalue weighted by Crippen LogP contribution is 2.33. The van der Waals surface area contributed by atoms with Crippen LogP contribution in [-0.2, 0) is 10.2 Å². The van der Waals surface area contributed by atoms with Gasteiger partial charge in [-0.3, -0.25) is 4.79 Å². The lowest BCUT2D eigenvalue weighted by atomic mass is 9.87. The molecule has 1 fully saturated rings. The molecule has 1 saturated heterocycles. The van der Waals surface area contributed by atoms with E-state index in [9.17, 15) is 4.79 Å². The first kappa shape index (κ1) is 19.8. The molecular weight excluding hydrogens is 358 g/mol. The number of aryl methyl sites for hydroxylation is 1. The van der Waals surface area contributed by atoms with Gasteiger partial charge in [0, 0.05) is 24.2 Å². The second-order valence-corrected chi connectivity index (χ2v) is 9.01. The first-order valence-corrected chi connectivity index (χ1v) is 10.2. The average Bonchev–Trinajstić information content (AvgIpc) is 2.64. The number of carbonyl (C=O) groups is 1. The molecule has 0 atom stereocenters. The van der Waals surface area contributed by atoms with Crippen molar-refractivity contribution in [2.75, 3.05) is 13.2 Å². The van der Waals surface area contributed by atoms with Gasteiger partial charge in [-0.2, -0.15) is 0 Å². The van der Waals surface area contributed by atoms with Gasteiger partial charge < -0.3 is 10.1 Å². The first-order chi connectivity index (χ1) is 12.8. The third kappa shape index (κ3) is 5.30. The quantitative estimate of drug-likeness (QED) is 0.857. The van der Waals surface area contributed by atoms with E-state index in [0.717, 1.165) is 22.8 Å². The van der Waals surface area contributed by atoms with E-state index in [1.165, 1.54) is 11.1 Å². The lowest BCUT2D eigenvalue weighted by Crippen LogP contribution is -2.39. The number of nitrogens with zero attached hydrogens (tertiary/aromatic N) is 2. The number of rotatable bonds is 4. The van der Waals surface area contributed by atoms with E-state index in [1.54, 1.807) is 17.8 Å². The van der Waals surface area contributed by atoms with Crippen molar-refractivity contribution in [3.63, 3.8) is 0 Å². The smallest absolute Gasteiger partial charge is 0.272 e. The summed E-state index contributed by atoms with van der Waals surface area (Å²) in [6.07, 6.45) is 1.69. The number of carbonyl (C=O) groups excluding carboxylic acids is 1. The Balaban J connectivity index is 1.68. The van der Waals surface area contributed by atoms with E-state index in [1.807, 2.05) is 6.07 Å². The number of nitrogens with one attached hydrogen (secondary N) is 1. The summed E-state index contributed by atoms with van der Waals surface area (Å²) in [6, 6.07) is 10.3. The molecule has 1 aliphatic heterocycles. The third-order valence-electron chi connectivity index (χ3n) is 4.70. The van der Waals surface area contributed by atoms with Gasteiger partial charge in [-0.15, -0.1) is 10.2 Å². The number of benzene rings is 1. The lowest BCUT2D eigenvalue weighted by Gasteiger charge is -2.22. The van der Waals surface area contributed by atoms with Gasteiger partial charge in [-0.1, -0.05) is 44.7 Å². The summed E-state index contributed by atoms with van der Waals surface area (Å²) >= 11 is 1.58. The number of ether oxygens (including phenoxy) is 1. The molecule has 0 bridgehead atoms. The first-order valence-electron chi connectivity index (χ1n) is 9.34. The predicted octanol–water partition coefficient (Wildman–Crippen LogP) is 4.14. The van der Waals surface area contributed by atoms with Gasteiger partial charge in [0.05, 0.1) is 0 Å². The molecule has 0 radical (unpaired) electrons. The van der Waals surface area contributed by atoms with Crippen LogP contribution in [0.1, 0.15) is 55.2 Å². The van der Waals surface area contributed by atoms with Crippen LogP contribution < -0.4 is 5.32 Å². The fraction of sp³-hybridized carbons (Fsp3) is 0.476. The maximum atomic E-state index is 12.3. The summed E-state index contributed by atoms with van der Waals surface area (Å²) in [5.41, 5.74) is 2.94. The molecule has 0 unspecified atom stereocenters. The largest absolute Gasteiger partial charge is 0.381 e.